The summed E-state index contributed by atoms with van der Waals surface area (Å²) in [5.74, 6) is 0. The number of rotatable bonds is 3. The molecule has 1 nitrogen and oxygen atoms in total. The third-order valence-electron chi connectivity index (χ3n) is 5.57. The number of hydrogen-bond acceptors (Lipinski definition) is 1. The van der Waals surface area contributed by atoms with E-state index >= 15 is 0 Å². The molecule has 20 heavy (non-hydrogen) atoms. The van der Waals surface area contributed by atoms with Crippen LogP contribution in [-0.2, 0) is 0 Å². The van der Waals surface area contributed by atoms with Crippen LogP contribution in [0.15, 0.2) is 24.3 Å². The SMILES string of the molecule is CC(NC1CCC2(CCCC2)CC1)c1ccccc1Cl. The van der Waals surface area contributed by atoms with Crippen molar-refractivity contribution in [1.82, 2.24) is 5.32 Å². The van der Waals surface area contributed by atoms with Crippen molar-refractivity contribution >= 4 is 11.6 Å². The molecule has 1 atom stereocenters. The van der Waals surface area contributed by atoms with Crippen LogP contribution in [0.3, 0.4) is 0 Å². The first-order chi connectivity index (χ1) is 9.69. The Hall–Kier alpha value is -0.530. The normalized spacial score (nSPS) is 24.1. The van der Waals surface area contributed by atoms with Gasteiger partial charge in [0.05, 0.1) is 0 Å². The van der Waals surface area contributed by atoms with E-state index in [-0.39, 0.29) is 0 Å². The number of benzene rings is 1. The summed E-state index contributed by atoms with van der Waals surface area (Å²) in [5, 5.41) is 4.68. The molecule has 3 rings (SSSR count). The van der Waals surface area contributed by atoms with Crippen molar-refractivity contribution in [3.8, 4) is 0 Å². The Morgan fingerprint density at radius 1 is 1.10 bits per heavy atom. The Morgan fingerprint density at radius 2 is 1.75 bits per heavy atom. The van der Waals surface area contributed by atoms with Crippen LogP contribution in [-0.4, -0.2) is 6.04 Å². The van der Waals surface area contributed by atoms with Gasteiger partial charge in [0.15, 0.2) is 0 Å². The molecule has 1 N–H and O–H groups in total. The van der Waals surface area contributed by atoms with E-state index in [0.29, 0.717) is 12.1 Å². The first kappa shape index (κ1) is 14.4. The second kappa shape index (κ2) is 6.07. The van der Waals surface area contributed by atoms with Crippen molar-refractivity contribution in [2.24, 2.45) is 5.41 Å². The van der Waals surface area contributed by atoms with Gasteiger partial charge in [0.1, 0.15) is 0 Å². The molecule has 2 heteroatoms. The third-order valence-corrected chi connectivity index (χ3v) is 5.91. The molecule has 2 saturated carbocycles. The van der Waals surface area contributed by atoms with Gasteiger partial charge in [-0.25, -0.2) is 0 Å². The molecule has 0 aliphatic heterocycles. The van der Waals surface area contributed by atoms with E-state index in [9.17, 15) is 0 Å². The van der Waals surface area contributed by atoms with Crippen LogP contribution in [0.4, 0.5) is 0 Å². The maximum Gasteiger partial charge on any atom is 0.0453 e. The summed E-state index contributed by atoms with van der Waals surface area (Å²) in [7, 11) is 0. The maximum absolute atomic E-state index is 6.30. The summed E-state index contributed by atoms with van der Waals surface area (Å²) in [6.45, 7) is 2.24. The summed E-state index contributed by atoms with van der Waals surface area (Å²) >= 11 is 6.30. The van der Waals surface area contributed by atoms with Crippen LogP contribution in [0.5, 0.6) is 0 Å². The smallest absolute Gasteiger partial charge is 0.0453 e. The summed E-state index contributed by atoms with van der Waals surface area (Å²) in [6, 6.07) is 9.24. The lowest BCUT2D eigenvalue weighted by atomic mass is 9.71. The molecule has 0 radical (unpaired) electrons. The molecule has 2 fully saturated rings. The first-order valence-electron chi connectivity index (χ1n) is 8.19. The molecule has 1 aromatic rings. The highest BCUT2D eigenvalue weighted by atomic mass is 35.5. The molecular formula is C18H26ClN. The van der Waals surface area contributed by atoms with Crippen molar-refractivity contribution in [3.05, 3.63) is 34.9 Å². The monoisotopic (exact) mass is 291 g/mol. The average Bonchev–Trinajstić information content (AvgIpc) is 2.90. The standard InChI is InChI=1S/C18H26ClN/c1-14(16-6-2-3-7-17(16)19)20-15-8-12-18(13-9-15)10-4-5-11-18/h2-3,6-7,14-15,20H,4-5,8-13H2,1H3. The lowest BCUT2D eigenvalue weighted by molar-refractivity contribution is 0.164. The molecule has 0 aromatic heterocycles. The number of hydrogen-bond donors (Lipinski definition) is 1. The van der Waals surface area contributed by atoms with E-state index in [2.05, 4.69) is 24.4 Å². The predicted molar refractivity (Wildman–Crippen MR) is 86.2 cm³/mol. The highest BCUT2D eigenvalue weighted by molar-refractivity contribution is 6.31. The minimum atomic E-state index is 0.353. The Balaban J connectivity index is 1.56. The van der Waals surface area contributed by atoms with Crippen molar-refractivity contribution < 1.29 is 0 Å². The highest BCUT2D eigenvalue weighted by Gasteiger charge is 2.37. The van der Waals surface area contributed by atoms with Gasteiger partial charge < -0.3 is 5.32 Å². The summed E-state index contributed by atoms with van der Waals surface area (Å²) in [5.41, 5.74) is 1.96. The second-order valence-electron chi connectivity index (χ2n) is 6.89. The molecule has 2 aliphatic carbocycles. The predicted octanol–water partition coefficient (Wildman–Crippen LogP) is 5.49. The van der Waals surface area contributed by atoms with Gasteiger partial charge in [0, 0.05) is 17.1 Å². The van der Waals surface area contributed by atoms with Gasteiger partial charge in [0.2, 0.25) is 0 Å². The lowest BCUT2D eigenvalue weighted by Crippen LogP contribution is -2.38. The fraction of sp³-hybridized carbons (Fsp3) is 0.667. The average molecular weight is 292 g/mol. The van der Waals surface area contributed by atoms with Crippen LogP contribution in [0.1, 0.15) is 69.9 Å². The fourth-order valence-electron chi connectivity index (χ4n) is 4.29. The quantitative estimate of drug-likeness (QED) is 0.776. The largest absolute Gasteiger partial charge is 0.307 e. The Labute approximate surface area is 128 Å². The van der Waals surface area contributed by atoms with Crippen molar-refractivity contribution in [2.75, 3.05) is 0 Å². The van der Waals surface area contributed by atoms with Crippen LogP contribution < -0.4 is 5.32 Å². The summed E-state index contributed by atoms with van der Waals surface area (Å²) in [6.07, 6.45) is 11.4. The Morgan fingerprint density at radius 3 is 2.40 bits per heavy atom. The number of halogens is 1. The van der Waals surface area contributed by atoms with Gasteiger partial charge in [-0.3, -0.25) is 0 Å². The van der Waals surface area contributed by atoms with Crippen LogP contribution in [0.2, 0.25) is 5.02 Å². The molecule has 110 valence electrons. The van der Waals surface area contributed by atoms with E-state index in [0.717, 1.165) is 10.4 Å². The van der Waals surface area contributed by atoms with E-state index in [1.54, 1.807) is 0 Å². The van der Waals surface area contributed by atoms with Gasteiger partial charge in [-0.1, -0.05) is 42.6 Å². The highest BCUT2D eigenvalue weighted by Crippen LogP contribution is 2.49. The Bertz CT molecular complexity index is 440. The molecule has 1 unspecified atom stereocenters. The molecule has 0 heterocycles. The van der Waals surface area contributed by atoms with Gasteiger partial charge >= 0.3 is 0 Å². The minimum Gasteiger partial charge on any atom is -0.307 e. The van der Waals surface area contributed by atoms with Crippen molar-refractivity contribution in [3.63, 3.8) is 0 Å². The lowest BCUT2D eigenvalue weighted by Gasteiger charge is -2.38. The summed E-state index contributed by atoms with van der Waals surface area (Å²) in [4.78, 5) is 0. The zero-order chi connectivity index (χ0) is 14.0. The van der Waals surface area contributed by atoms with Crippen LogP contribution in [0.25, 0.3) is 0 Å². The van der Waals surface area contributed by atoms with Gasteiger partial charge in [0.25, 0.3) is 0 Å². The maximum atomic E-state index is 6.30. The van der Waals surface area contributed by atoms with Crippen LogP contribution in [0, 0.1) is 5.41 Å². The van der Waals surface area contributed by atoms with E-state index in [4.69, 9.17) is 11.6 Å². The topological polar surface area (TPSA) is 12.0 Å². The first-order valence-corrected chi connectivity index (χ1v) is 8.57. The van der Waals surface area contributed by atoms with Crippen molar-refractivity contribution in [2.45, 2.75) is 70.4 Å². The van der Waals surface area contributed by atoms with E-state index in [1.807, 2.05) is 12.1 Å². The molecule has 0 saturated heterocycles. The van der Waals surface area contributed by atoms with Crippen molar-refractivity contribution in [1.29, 1.82) is 0 Å². The van der Waals surface area contributed by atoms with E-state index < -0.39 is 0 Å². The molecule has 2 aliphatic rings. The zero-order valence-electron chi connectivity index (χ0n) is 12.5. The molecule has 1 aromatic carbocycles. The Kier molecular flexibility index (Phi) is 4.37. The van der Waals surface area contributed by atoms with Crippen LogP contribution >= 0.6 is 11.6 Å². The molecule has 1 spiro atoms. The minimum absolute atomic E-state index is 0.353. The van der Waals surface area contributed by atoms with Gasteiger partial charge in [-0.15, -0.1) is 0 Å². The molecular weight excluding hydrogens is 266 g/mol. The zero-order valence-corrected chi connectivity index (χ0v) is 13.3. The second-order valence-corrected chi connectivity index (χ2v) is 7.30. The fourth-order valence-corrected chi connectivity index (χ4v) is 4.59. The number of nitrogens with one attached hydrogen (secondary N) is 1. The summed E-state index contributed by atoms with van der Waals surface area (Å²) < 4.78 is 0. The van der Waals surface area contributed by atoms with E-state index in [1.165, 1.54) is 56.9 Å². The molecule has 0 amide bonds. The van der Waals surface area contributed by atoms with Gasteiger partial charge in [-0.2, -0.15) is 0 Å². The third kappa shape index (κ3) is 3.04. The van der Waals surface area contributed by atoms with Gasteiger partial charge in [-0.05, 0) is 62.5 Å². The molecule has 0 bridgehead atoms.